The molecule has 0 spiro atoms. The minimum absolute atomic E-state index is 0.562. The molecule has 21 heavy (non-hydrogen) atoms. The molecule has 0 bridgehead atoms. The lowest BCUT2D eigenvalue weighted by Crippen LogP contribution is -2.10. The molecule has 3 heterocycles. The Hall–Kier alpha value is -2.37. The van der Waals surface area contributed by atoms with Crippen LogP contribution in [0.3, 0.4) is 0 Å². The highest BCUT2D eigenvalue weighted by atomic mass is 15.3. The maximum Gasteiger partial charge on any atom is 0.146 e. The van der Waals surface area contributed by atoms with E-state index in [2.05, 4.69) is 33.5 Å². The van der Waals surface area contributed by atoms with Crippen LogP contribution < -0.4 is 5.73 Å². The first-order chi connectivity index (χ1) is 9.97. The zero-order valence-corrected chi connectivity index (χ0v) is 12.9. The van der Waals surface area contributed by atoms with E-state index in [4.69, 9.17) is 5.73 Å². The van der Waals surface area contributed by atoms with Crippen molar-refractivity contribution in [3.8, 4) is 0 Å². The second-order valence-corrected chi connectivity index (χ2v) is 5.50. The summed E-state index contributed by atoms with van der Waals surface area (Å²) in [7, 11) is 0. The minimum Gasteiger partial charge on any atom is -0.383 e. The Morgan fingerprint density at radius 1 is 1.10 bits per heavy atom. The Morgan fingerprint density at radius 2 is 1.86 bits per heavy atom. The summed E-state index contributed by atoms with van der Waals surface area (Å²) in [6.45, 7) is 9.70. The number of fused-ring (bicyclic) bond motifs is 1. The van der Waals surface area contributed by atoms with Gasteiger partial charge < -0.3 is 10.3 Å². The number of aryl methyl sites for hydroxylation is 5. The summed E-state index contributed by atoms with van der Waals surface area (Å²) in [5, 5.41) is 5.30. The van der Waals surface area contributed by atoms with Gasteiger partial charge in [-0.25, -0.2) is 9.97 Å². The van der Waals surface area contributed by atoms with Crippen molar-refractivity contribution in [1.29, 1.82) is 0 Å². The van der Waals surface area contributed by atoms with Gasteiger partial charge in [0, 0.05) is 18.4 Å². The fraction of sp³-hybridized carbons (Fsp3) is 0.400. The van der Waals surface area contributed by atoms with Gasteiger partial charge in [-0.3, -0.25) is 4.68 Å². The summed E-state index contributed by atoms with van der Waals surface area (Å²) in [5.74, 6) is 1.26. The van der Waals surface area contributed by atoms with Crippen molar-refractivity contribution in [1.82, 2.24) is 24.3 Å². The average molecular weight is 284 g/mol. The molecule has 0 amide bonds. The molecule has 0 aliphatic carbocycles. The first-order valence-electron chi connectivity index (χ1n) is 7.06. The molecule has 0 aliphatic rings. The molecule has 6 nitrogen and oxygen atoms in total. The highest BCUT2D eigenvalue weighted by Gasteiger charge is 2.16. The molecule has 2 N–H and O–H groups in total. The van der Waals surface area contributed by atoms with Gasteiger partial charge in [-0.2, -0.15) is 5.10 Å². The zero-order valence-electron chi connectivity index (χ0n) is 12.9. The standard InChI is InChI=1S/C15H20N6/c1-9-7-17-20(8-9)5-6-21-11(3)10(2)13-14(16)18-12(4)19-15(13)21/h7-8H,5-6H2,1-4H3,(H2,16,18,19). The SMILES string of the molecule is Cc1cnn(CCn2c(C)c(C)c3c(N)nc(C)nc32)c1. The van der Waals surface area contributed by atoms with Gasteiger partial charge in [0.25, 0.3) is 0 Å². The third-order valence-corrected chi connectivity index (χ3v) is 3.92. The molecule has 0 atom stereocenters. The van der Waals surface area contributed by atoms with Crippen molar-refractivity contribution in [2.24, 2.45) is 0 Å². The van der Waals surface area contributed by atoms with Gasteiger partial charge >= 0.3 is 0 Å². The van der Waals surface area contributed by atoms with Crippen LogP contribution in [-0.2, 0) is 13.1 Å². The molecule has 0 saturated heterocycles. The van der Waals surface area contributed by atoms with Gasteiger partial charge in [-0.1, -0.05) is 0 Å². The molecule has 3 rings (SSSR count). The number of nitrogens with zero attached hydrogens (tertiary/aromatic N) is 5. The first kappa shape index (κ1) is 13.6. The van der Waals surface area contributed by atoms with E-state index in [9.17, 15) is 0 Å². The van der Waals surface area contributed by atoms with Crippen LogP contribution >= 0.6 is 0 Å². The average Bonchev–Trinajstić information content (AvgIpc) is 2.92. The van der Waals surface area contributed by atoms with E-state index in [1.54, 1.807) is 0 Å². The molecule has 0 saturated carbocycles. The van der Waals surface area contributed by atoms with E-state index in [0.717, 1.165) is 29.7 Å². The fourth-order valence-electron chi connectivity index (χ4n) is 2.74. The zero-order chi connectivity index (χ0) is 15.1. The Kier molecular flexibility index (Phi) is 3.16. The number of rotatable bonds is 3. The topological polar surface area (TPSA) is 74.5 Å². The van der Waals surface area contributed by atoms with Gasteiger partial charge in [0.2, 0.25) is 0 Å². The Labute approximate surface area is 123 Å². The van der Waals surface area contributed by atoms with Crippen molar-refractivity contribution >= 4 is 16.9 Å². The summed E-state index contributed by atoms with van der Waals surface area (Å²) in [6, 6.07) is 0. The fourth-order valence-corrected chi connectivity index (χ4v) is 2.74. The molecule has 0 aromatic carbocycles. The lowest BCUT2D eigenvalue weighted by atomic mass is 10.2. The van der Waals surface area contributed by atoms with E-state index >= 15 is 0 Å². The predicted octanol–water partition coefficient (Wildman–Crippen LogP) is 2.14. The number of anilines is 1. The Morgan fingerprint density at radius 3 is 2.52 bits per heavy atom. The lowest BCUT2D eigenvalue weighted by molar-refractivity contribution is 0.534. The predicted molar refractivity (Wildman–Crippen MR) is 83.1 cm³/mol. The molecule has 6 heteroatoms. The lowest BCUT2D eigenvalue weighted by Gasteiger charge is -2.08. The smallest absolute Gasteiger partial charge is 0.146 e. The van der Waals surface area contributed by atoms with Crippen molar-refractivity contribution in [3.05, 3.63) is 35.0 Å². The molecule has 110 valence electrons. The van der Waals surface area contributed by atoms with Crippen molar-refractivity contribution in [3.63, 3.8) is 0 Å². The van der Waals surface area contributed by atoms with Crippen LogP contribution in [0.25, 0.3) is 11.0 Å². The van der Waals surface area contributed by atoms with Crippen molar-refractivity contribution < 1.29 is 0 Å². The van der Waals surface area contributed by atoms with Gasteiger partial charge in [0.05, 0.1) is 18.1 Å². The largest absolute Gasteiger partial charge is 0.383 e. The van der Waals surface area contributed by atoms with E-state index in [1.165, 1.54) is 11.3 Å². The number of nitrogen functional groups attached to an aromatic ring is 1. The van der Waals surface area contributed by atoms with Crippen LogP contribution in [0.5, 0.6) is 0 Å². The number of aromatic nitrogens is 5. The highest BCUT2D eigenvalue weighted by molar-refractivity contribution is 5.91. The second kappa shape index (κ2) is 4.87. The first-order valence-corrected chi connectivity index (χ1v) is 7.06. The maximum absolute atomic E-state index is 6.07. The molecule has 0 aliphatic heterocycles. The molecular weight excluding hydrogens is 264 g/mol. The highest BCUT2D eigenvalue weighted by Crippen LogP contribution is 2.27. The summed E-state index contributed by atoms with van der Waals surface area (Å²) >= 11 is 0. The van der Waals surface area contributed by atoms with Crippen LogP contribution in [0.1, 0.15) is 22.6 Å². The second-order valence-electron chi connectivity index (χ2n) is 5.50. The molecule has 0 fully saturated rings. The summed E-state index contributed by atoms with van der Waals surface area (Å²) in [4.78, 5) is 8.85. The summed E-state index contributed by atoms with van der Waals surface area (Å²) in [6.07, 6.45) is 3.92. The summed E-state index contributed by atoms with van der Waals surface area (Å²) in [5.41, 5.74) is 10.5. The third kappa shape index (κ3) is 2.26. The third-order valence-electron chi connectivity index (χ3n) is 3.92. The van der Waals surface area contributed by atoms with Crippen molar-refractivity contribution in [2.45, 2.75) is 40.8 Å². The van der Waals surface area contributed by atoms with E-state index in [0.29, 0.717) is 11.6 Å². The maximum atomic E-state index is 6.07. The quantitative estimate of drug-likeness (QED) is 0.799. The van der Waals surface area contributed by atoms with Crippen LogP contribution in [0.15, 0.2) is 12.4 Å². The number of nitrogens with two attached hydrogens (primary N) is 1. The van der Waals surface area contributed by atoms with Crippen LogP contribution in [0, 0.1) is 27.7 Å². The Balaban J connectivity index is 2.03. The van der Waals surface area contributed by atoms with E-state index in [-0.39, 0.29) is 0 Å². The normalized spacial score (nSPS) is 11.4. The van der Waals surface area contributed by atoms with Crippen molar-refractivity contribution in [2.75, 3.05) is 5.73 Å². The molecule has 3 aromatic heterocycles. The summed E-state index contributed by atoms with van der Waals surface area (Å²) < 4.78 is 4.15. The van der Waals surface area contributed by atoms with Gasteiger partial charge in [0.15, 0.2) is 0 Å². The number of hydrogen-bond donors (Lipinski definition) is 1. The van der Waals surface area contributed by atoms with E-state index < -0.39 is 0 Å². The minimum atomic E-state index is 0.562. The Bertz CT molecular complexity index is 811. The van der Waals surface area contributed by atoms with Gasteiger partial charge in [0.1, 0.15) is 17.3 Å². The molecule has 0 unspecified atom stereocenters. The van der Waals surface area contributed by atoms with Gasteiger partial charge in [-0.05, 0) is 38.8 Å². The number of hydrogen-bond acceptors (Lipinski definition) is 4. The van der Waals surface area contributed by atoms with Crippen LogP contribution in [0.4, 0.5) is 5.82 Å². The molecular formula is C15H20N6. The van der Waals surface area contributed by atoms with E-state index in [1.807, 2.05) is 30.9 Å². The molecule has 3 aromatic rings. The molecule has 0 radical (unpaired) electrons. The van der Waals surface area contributed by atoms with Crippen LogP contribution in [0.2, 0.25) is 0 Å². The monoisotopic (exact) mass is 284 g/mol. The van der Waals surface area contributed by atoms with Gasteiger partial charge in [-0.15, -0.1) is 0 Å². The van der Waals surface area contributed by atoms with Crippen LogP contribution in [-0.4, -0.2) is 24.3 Å².